The van der Waals surface area contributed by atoms with Crippen LogP contribution in [0.3, 0.4) is 0 Å². The fourth-order valence-corrected chi connectivity index (χ4v) is 1.39. The van der Waals surface area contributed by atoms with Gasteiger partial charge in [0.05, 0.1) is 12.4 Å². The summed E-state index contributed by atoms with van der Waals surface area (Å²) < 4.78 is 18.4. The van der Waals surface area contributed by atoms with Crippen molar-refractivity contribution in [2.24, 2.45) is 10.9 Å². The Morgan fingerprint density at radius 1 is 1.37 bits per heavy atom. The van der Waals surface area contributed by atoms with Crippen LogP contribution >= 0.6 is 0 Å². The van der Waals surface area contributed by atoms with Crippen LogP contribution < -0.4 is 10.5 Å². The fourth-order valence-electron chi connectivity index (χ4n) is 1.39. The zero-order chi connectivity index (χ0) is 13.8. The first-order chi connectivity index (χ1) is 9.10. The molecule has 2 rings (SSSR count). The summed E-state index contributed by atoms with van der Waals surface area (Å²) in [7, 11) is 0. The summed E-state index contributed by atoms with van der Waals surface area (Å²) in [6, 6.07) is 4.15. The van der Waals surface area contributed by atoms with Gasteiger partial charge in [0.2, 0.25) is 5.88 Å². The number of nitrogens with two attached hydrogens (primary N) is 1. The molecule has 0 spiro atoms. The number of benzene rings is 1. The maximum Gasteiger partial charge on any atom is 0.237 e. The van der Waals surface area contributed by atoms with Crippen molar-refractivity contribution >= 4 is 5.84 Å². The van der Waals surface area contributed by atoms with Crippen molar-refractivity contribution < 1.29 is 14.3 Å². The molecule has 0 saturated heterocycles. The molecule has 98 valence electrons. The van der Waals surface area contributed by atoms with Gasteiger partial charge in [-0.2, -0.15) is 0 Å². The number of aromatic nitrogens is 2. The van der Waals surface area contributed by atoms with Crippen LogP contribution in [-0.2, 0) is 0 Å². The molecule has 0 saturated carbocycles. The number of rotatable bonds is 3. The minimum atomic E-state index is -0.335. The maximum atomic E-state index is 12.9. The predicted octanol–water partition coefficient (Wildman–Crippen LogP) is 1.81. The highest BCUT2D eigenvalue weighted by Gasteiger charge is 2.06. The van der Waals surface area contributed by atoms with Crippen LogP contribution in [0.4, 0.5) is 4.39 Å². The van der Waals surface area contributed by atoms with Crippen molar-refractivity contribution in [2.75, 3.05) is 0 Å². The van der Waals surface area contributed by atoms with E-state index in [9.17, 15) is 4.39 Å². The van der Waals surface area contributed by atoms with E-state index in [0.29, 0.717) is 11.3 Å². The molecule has 0 atom stereocenters. The Hall–Kier alpha value is -2.70. The van der Waals surface area contributed by atoms with Gasteiger partial charge in [-0.25, -0.2) is 14.4 Å². The highest BCUT2D eigenvalue weighted by molar-refractivity contribution is 5.94. The second-order valence-electron chi connectivity index (χ2n) is 3.74. The zero-order valence-corrected chi connectivity index (χ0v) is 10.0. The topological polar surface area (TPSA) is 93.6 Å². The van der Waals surface area contributed by atoms with Crippen molar-refractivity contribution in [1.82, 2.24) is 9.97 Å². The number of aryl methyl sites for hydroxylation is 1. The average molecular weight is 262 g/mol. The van der Waals surface area contributed by atoms with Crippen molar-refractivity contribution in [1.29, 1.82) is 0 Å². The Morgan fingerprint density at radius 3 is 2.74 bits per heavy atom. The molecule has 0 radical (unpaired) electrons. The summed E-state index contributed by atoms with van der Waals surface area (Å²) in [5, 5.41) is 11.3. The van der Waals surface area contributed by atoms with Crippen LogP contribution in [0.15, 0.2) is 35.7 Å². The van der Waals surface area contributed by atoms with Crippen molar-refractivity contribution in [2.45, 2.75) is 6.92 Å². The Labute approximate surface area is 108 Å². The average Bonchev–Trinajstić information content (AvgIpc) is 2.42. The van der Waals surface area contributed by atoms with E-state index in [1.807, 2.05) is 0 Å². The molecule has 0 unspecified atom stereocenters. The molecule has 0 bridgehead atoms. The third kappa shape index (κ3) is 2.95. The third-order valence-electron chi connectivity index (χ3n) is 2.35. The van der Waals surface area contributed by atoms with Gasteiger partial charge < -0.3 is 15.7 Å². The maximum absolute atomic E-state index is 12.9. The summed E-state index contributed by atoms with van der Waals surface area (Å²) in [6.07, 6.45) is 2.64. The lowest BCUT2D eigenvalue weighted by Gasteiger charge is -2.07. The lowest BCUT2D eigenvalue weighted by Crippen LogP contribution is -2.15. The molecule has 2 aromatic rings. The molecular formula is C12H11FN4O2. The number of ether oxygens (including phenoxy) is 1. The number of oxime groups is 1. The number of nitrogens with zero attached hydrogens (tertiary/aromatic N) is 3. The third-order valence-corrected chi connectivity index (χ3v) is 2.35. The smallest absolute Gasteiger partial charge is 0.237 e. The highest BCUT2D eigenvalue weighted by atomic mass is 19.1. The molecule has 1 aromatic carbocycles. The minimum Gasteiger partial charge on any atom is -0.437 e. The van der Waals surface area contributed by atoms with Crippen LogP contribution in [-0.4, -0.2) is 21.0 Å². The van der Waals surface area contributed by atoms with E-state index < -0.39 is 0 Å². The first-order valence-corrected chi connectivity index (χ1v) is 5.34. The molecule has 3 N–H and O–H groups in total. The van der Waals surface area contributed by atoms with Crippen LogP contribution in [0.5, 0.6) is 11.6 Å². The second kappa shape index (κ2) is 5.30. The predicted molar refractivity (Wildman–Crippen MR) is 65.8 cm³/mol. The first-order valence-electron chi connectivity index (χ1n) is 5.34. The molecule has 1 aromatic heterocycles. The summed E-state index contributed by atoms with van der Waals surface area (Å²) in [5.74, 6) is 0.228. The van der Waals surface area contributed by atoms with E-state index in [2.05, 4.69) is 15.1 Å². The molecule has 6 nitrogen and oxygen atoms in total. The zero-order valence-electron chi connectivity index (χ0n) is 10.0. The number of hydrogen-bond acceptors (Lipinski definition) is 5. The molecule has 0 aliphatic rings. The van der Waals surface area contributed by atoms with E-state index >= 15 is 0 Å². The summed E-state index contributed by atoms with van der Waals surface area (Å²) >= 11 is 0. The first kappa shape index (κ1) is 12.7. The molecule has 19 heavy (non-hydrogen) atoms. The van der Waals surface area contributed by atoms with E-state index in [0.717, 1.165) is 0 Å². The number of halogens is 1. The molecule has 0 aliphatic heterocycles. The Balaban J connectivity index is 2.20. The monoisotopic (exact) mass is 262 g/mol. The van der Waals surface area contributed by atoms with Crippen molar-refractivity contribution in [3.05, 3.63) is 47.7 Å². The summed E-state index contributed by atoms with van der Waals surface area (Å²) in [5.41, 5.74) is 6.22. The lowest BCUT2D eigenvalue weighted by molar-refractivity contribution is 0.318. The molecule has 1 heterocycles. The van der Waals surface area contributed by atoms with Gasteiger partial charge in [-0.1, -0.05) is 5.16 Å². The quantitative estimate of drug-likeness (QED) is 0.381. The van der Waals surface area contributed by atoms with Gasteiger partial charge in [0, 0.05) is 0 Å². The highest BCUT2D eigenvalue weighted by Crippen LogP contribution is 2.23. The number of amidine groups is 1. The fraction of sp³-hybridized carbons (Fsp3) is 0.0833. The van der Waals surface area contributed by atoms with Crippen LogP contribution in [0.25, 0.3) is 0 Å². The Morgan fingerprint density at radius 2 is 2.16 bits per heavy atom. The van der Waals surface area contributed by atoms with Gasteiger partial charge >= 0.3 is 0 Å². The minimum absolute atomic E-state index is 0.142. The van der Waals surface area contributed by atoms with Crippen molar-refractivity contribution in [3.8, 4) is 11.6 Å². The molecule has 0 amide bonds. The largest absolute Gasteiger partial charge is 0.437 e. The van der Waals surface area contributed by atoms with Crippen LogP contribution in [0.1, 0.15) is 11.3 Å². The summed E-state index contributed by atoms with van der Waals surface area (Å²) in [6.45, 7) is 1.72. The van der Waals surface area contributed by atoms with Gasteiger partial charge in [-0.15, -0.1) is 0 Å². The Kier molecular flexibility index (Phi) is 3.56. The lowest BCUT2D eigenvalue weighted by atomic mass is 10.2. The molecule has 0 aliphatic carbocycles. The van der Waals surface area contributed by atoms with Crippen LogP contribution in [0, 0.1) is 12.7 Å². The molecular weight excluding hydrogens is 251 g/mol. The standard InChI is InChI=1S/C12H11FN4O2/c1-7-4-8(13)2-3-10(7)19-11-6-15-9(5-16-11)12(14)17-18/h2-6,18H,1H3,(H2,14,17). The van der Waals surface area contributed by atoms with Gasteiger partial charge in [0.15, 0.2) is 5.84 Å². The van der Waals surface area contributed by atoms with Crippen molar-refractivity contribution in [3.63, 3.8) is 0 Å². The second-order valence-corrected chi connectivity index (χ2v) is 3.74. The molecule has 7 heteroatoms. The van der Waals surface area contributed by atoms with Gasteiger partial charge in [0.25, 0.3) is 0 Å². The van der Waals surface area contributed by atoms with E-state index in [4.69, 9.17) is 15.7 Å². The van der Waals surface area contributed by atoms with Gasteiger partial charge in [-0.05, 0) is 30.7 Å². The molecule has 0 fully saturated rings. The van der Waals surface area contributed by atoms with Gasteiger partial charge in [-0.3, -0.25) is 0 Å². The summed E-state index contributed by atoms with van der Waals surface area (Å²) in [4.78, 5) is 7.87. The number of hydrogen-bond donors (Lipinski definition) is 2. The van der Waals surface area contributed by atoms with E-state index in [1.165, 1.54) is 30.6 Å². The van der Waals surface area contributed by atoms with E-state index in [1.54, 1.807) is 6.92 Å². The Bertz CT molecular complexity index is 614. The normalized spacial score (nSPS) is 11.4. The van der Waals surface area contributed by atoms with Crippen LogP contribution in [0.2, 0.25) is 0 Å². The van der Waals surface area contributed by atoms with E-state index in [-0.39, 0.29) is 23.2 Å². The SMILES string of the molecule is Cc1cc(F)ccc1Oc1cnc(/C(N)=N/O)cn1. The van der Waals surface area contributed by atoms with Gasteiger partial charge in [0.1, 0.15) is 17.3 Å².